The highest BCUT2D eigenvalue weighted by Crippen LogP contribution is 2.45. The molecule has 0 aromatic heterocycles. The van der Waals surface area contributed by atoms with Crippen LogP contribution in [0, 0.1) is 0 Å². The summed E-state index contributed by atoms with van der Waals surface area (Å²) in [7, 11) is 0. The van der Waals surface area contributed by atoms with Crippen LogP contribution in [-0.4, -0.2) is 23.3 Å². The SMILES string of the molecule is C=CC1=C2C(=C)CNCC2c2ccc(O)c(O)c2C1.CC. The largest absolute Gasteiger partial charge is 0.504 e. The summed E-state index contributed by atoms with van der Waals surface area (Å²) in [6.45, 7) is 13.6. The van der Waals surface area contributed by atoms with Crippen LogP contribution in [0.2, 0.25) is 0 Å². The molecule has 1 aromatic carbocycles. The van der Waals surface area contributed by atoms with Gasteiger partial charge in [-0.05, 0) is 28.3 Å². The molecule has 0 radical (unpaired) electrons. The molecule has 3 nitrogen and oxygen atoms in total. The predicted octanol–water partition coefficient (Wildman–Crippen LogP) is 3.41. The Balaban J connectivity index is 0.000000774. The molecule has 1 heterocycles. The van der Waals surface area contributed by atoms with E-state index in [-0.39, 0.29) is 17.4 Å². The summed E-state index contributed by atoms with van der Waals surface area (Å²) in [5.41, 5.74) is 5.31. The molecular weight excluding hydrogens is 262 g/mol. The molecule has 1 aliphatic heterocycles. The van der Waals surface area contributed by atoms with Gasteiger partial charge in [0.2, 0.25) is 0 Å². The van der Waals surface area contributed by atoms with Crippen molar-refractivity contribution in [2.75, 3.05) is 13.1 Å². The quantitative estimate of drug-likeness (QED) is 0.693. The maximum atomic E-state index is 10.1. The van der Waals surface area contributed by atoms with E-state index >= 15 is 0 Å². The van der Waals surface area contributed by atoms with Gasteiger partial charge < -0.3 is 15.5 Å². The molecular formula is C18H23NO2. The first-order chi connectivity index (χ1) is 10.1. The Bertz CT molecular complexity index is 614. The molecule has 1 aliphatic carbocycles. The van der Waals surface area contributed by atoms with Gasteiger partial charge in [0.05, 0.1) is 0 Å². The summed E-state index contributed by atoms with van der Waals surface area (Å²) < 4.78 is 0. The highest BCUT2D eigenvalue weighted by molar-refractivity contribution is 5.61. The fourth-order valence-electron chi connectivity index (χ4n) is 3.15. The lowest BCUT2D eigenvalue weighted by Crippen LogP contribution is -2.34. The standard InChI is InChI=1S/C16H17NO2.C2H6/c1-3-10-6-12-11(4-5-14(18)16(12)19)13-8-17-7-9(2)15(10)13;1-2/h3-5,13,17-19H,1-2,6-8H2;1-2H3. The number of allylic oxidation sites excluding steroid dienone is 2. The number of hydrogen-bond donors (Lipinski definition) is 3. The molecule has 3 N–H and O–H groups in total. The second-order valence-electron chi connectivity index (χ2n) is 5.11. The van der Waals surface area contributed by atoms with Gasteiger partial charge in [-0.25, -0.2) is 0 Å². The van der Waals surface area contributed by atoms with Crippen LogP contribution in [0.15, 0.2) is 48.1 Å². The van der Waals surface area contributed by atoms with Crippen LogP contribution in [0.25, 0.3) is 0 Å². The lowest BCUT2D eigenvalue weighted by atomic mass is 9.73. The average molecular weight is 285 g/mol. The Hall–Kier alpha value is -2.00. The van der Waals surface area contributed by atoms with Gasteiger partial charge in [-0.1, -0.05) is 39.1 Å². The number of hydrogen-bond acceptors (Lipinski definition) is 3. The van der Waals surface area contributed by atoms with Crippen LogP contribution < -0.4 is 5.32 Å². The summed E-state index contributed by atoms with van der Waals surface area (Å²) in [5, 5.41) is 23.1. The van der Waals surface area contributed by atoms with Gasteiger partial charge >= 0.3 is 0 Å². The van der Waals surface area contributed by atoms with Crippen molar-refractivity contribution in [3.63, 3.8) is 0 Å². The van der Waals surface area contributed by atoms with Crippen LogP contribution >= 0.6 is 0 Å². The van der Waals surface area contributed by atoms with E-state index in [9.17, 15) is 10.2 Å². The second-order valence-corrected chi connectivity index (χ2v) is 5.11. The number of aromatic hydroxyl groups is 2. The summed E-state index contributed by atoms with van der Waals surface area (Å²) in [4.78, 5) is 0. The Kier molecular flexibility index (Phi) is 4.53. The van der Waals surface area contributed by atoms with E-state index in [1.165, 1.54) is 5.57 Å². The minimum absolute atomic E-state index is 0.00733. The van der Waals surface area contributed by atoms with E-state index in [1.807, 2.05) is 26.0 Å². The summed E-state index contributed by atoms with van der Waals surface area (Å²) in [5.74, 6) is 0.116. The van der Waals surface area contributed by atoms with Crippen molar-refractivity contribution in [3.8, 4) is 11.5 Å². The molecule has 1 unspecified atom stereocenters. The molecule has 0 spiro atoms. The molecule has 2 aliphatic rings. The normalized spacial score (nSPS) is 20.1. The number of nitrogens with one attached hydrogen (secondary N) is 1. The van der Waals surface area contributed by atoms with Crippen molar-refractivity contribution >= 4 is 0 Å². The van der Waals surface area contributed by atoms with Crippen LogP contribution in [0.4, 0.5) is 0 Å². The topological polar surface area (TPSA) is 52.5 Å². The van der Waals surface area contributed by atoms with Gasteiger partial charge in [-0.15, -0.1) is 0 Å². The van der Waals surface area contributed by atoms with Gasteiger partial charge in [0.1, 0.15) is 0 Å². The average Bonchev–Trinajstić information content (AvgIpc) is 2.52. The lowest BCUT2D eigenvalue weighted by molar-refractivity contribution is 0.398. The third-order valence-electron chi connectivity index (χ3n) is 4.05. The molecule has 112 valence electrons. The zero-order valence-electron chi connectivity index (χ0n) is 12.7. The molecule has 1 saturated heterocycles. The van der Waals surface area contributed by atoms with Crippen molar-refractivity contribution in [3.05, 3.63) is 59.2 Å². The Morgan fingerprint density at radius 1 is 1.29 bits per heavy atom. The third kappa shape index (κ3) is 2.49. The summed E-state index contributed by atoms with van der Waals surface area (Å²) >= 11 is 0. The number of phenols is 2. The Morgan fingerprint density at radius 3 is 2.67 bits per heavy atom. The van der Waals surface area contributed by atoms with E-state index in [4.69, 9.17) is 0 Å². The number of fused-ring (bicyclic) bond motifs is 3. The van der Waals surface area contributed by atoms with Gasteiger partial charge in [0.15, 0.2) is 11.5 Å². The van der Waals surface area contributed by atoms with Gasteiger partial charge in [-0.2, -0.15) is 0 Å². The number of phenolic OH excluding ortho intramolecular Hbond substituents is 2. The van der Waals surface area contributed by atoms with Crippen molar-refractivity contribution < 1.29 is 10.2 Å². The van der Waals surface area contributed by atoms with Gasteiger partial charge in [0.25, 0.3) is 0 Å². The van der Waals surface area contributed by atoms with Crippen LogP contribution in [0.1, 0.15) is 30.9 Å². The number of benzene rings is 1. The van der Waals surface area contributed by atoms with Crippen molar-refractivity contribution in [2.45, 2.75) is 26.2 Å². The lowest BCUT2D eigenvalue weighted by Gasteiger charge is -2.35. The fourth-order valence-corrected chi connectivity index (χ4v) is 3.15. The highest BCUT2D eigenvalue weighted by Gasteiger charge is 2.32. The number of piperidine rings is 1. The molecule has 3 rings (SSSR count). The monoisotopic (exact) mass is 285 g/mol. The Labute approximate surface area is 126 Å². The minimum atomic E-state index is -0.0618. The van der Waals surface area contributed by atoms with E-state index in [0.29, 0.717) is 6.42 Å². The van der Waals surface area contributed by atoms with E-state index in [0.717, 1.165) is 35.4 Å². The molecule has 21 heavy (non-hydrogen) atoms. The highest BCUT2D eigenvalue weighted by atomic mass is 16.3. The summed E-state index contributed by atoms with van der Waals surface area (Å²) in [6.07, 6.45) is 2.44. The molecule has 0 bridgehead atoms. The van der Waals surface area contributed by atoms with Crippen molar-refractivity contribution in [1.82, 2.24) is 5.32 Å². The van der Waals surface area contributed by atoms with Crippen LogP contribution in [0.3, 0.4) is 0 Å². The van der Waals surface area contributed by atoms with Crippen LogP contribution in [-0.2, 0) is 6.42 Å². The van der Waals surface area contributed by atoms with E-state index in [1.54, 1.807) is 6.07 Å². The molecule has 0 amide bonds. The second kappa shape index (κ2) is 6.19. The minimum Gasteiger partial charge on any atom is -0.504 e. The zero-order valence-corrected chi connectivity index (χ0v) is 12.7. The van der Waals surface area contributed by atoms with E-state index < -0.39 is 0 Å². The van der Waals surface area contributed by atoms with Crippen molar-refractivity contribution in [1.29, 1.82) is 0 Å². The first-order valence-electron chi connectivity index (χ1n) is 7.41. The zero-order chi connectivity index (χ0) is 15.6. The van der Waals surface area contributed by atoms with E-state index in [2.05, 4.69) is 18.5 Å². The van der Waals surface area contributed by atoms with Crippen molar-refractivity contribution in [2.24, 2.45) is 0 Å². The first-order valence-corrected chi connectivity index (χ1v) is 7.41. The third-order valence-corrected chi connectivity index (χ3v) is 4.05. The molecule has 1 aromatic rings. The maximum Gasteiger partial charge on any atom is 0.161 e. The molecule has 1 atom stereocenters. The maximum absolute atomic E-state index is 10.1. The molecule has 0 saturated carbocycles. The van der Waals surface area contributed by atoms with Crippen LogP contribution in [0.5, 0.6) is 11.5 Å². The van der Waals surface area contributed by atoms with Gasteiger partial charge in [-0.3, -0.25) is 0 Å². The molecule has 3 heteroatoms. The summed E-state index contributed by atoms with van der Waals surface area (Å²) in [6, 6.07) is 3.46. The fraction of sp³-hybridized carbons (Fsp3) is 0.333. The van der Waals surface area contributed by atoms with Gasteiger partial charge in [0, 0.05) is 31.0 Å². The Morgan fingerprint density at radius 2 is 2.00 bits per heavy atom. The molecule has 1 fully saturated rings. The smallest absolute Gasteiger partial charge is 0.161 e. The first kappa shape index (κ1) is 15.4. The predicted molar refractivity (Wildman–Crippen MR) is 86.8 cm³/mol. The number of rotatable bonds is 1.